The summed E-state index contributed by atoms with van der Waals surface area (Å²) in [5, 5.41) is 0. The maximum Gasteiger partial charge on any atom is 0.305 e. The van der Waals surface area contributed by atoms with Crippen LogP contribution in [0.25, 0.3) is 0 Å². The van der Waals surface area contributed by atoms with Gasteiger partial charge in [-0.2, -0.15) is 0 Å². The Bertz CT molecular complexity index is 416. The Balaban J connectivity index is 3.03. The van der Waals surface area contributed by atoms with Gasteiger partial charge in [-0.3, -0.25) is 9.59 Å². The van der Waals surface area contributed by atoms with Gasteiger partial charge < -0.3 is 10.5 Å². The van der Waals surface area contributed by atoms with Crippen molar-refractivity contribution in [1.82, 2.24) is 0 Å². The van der Waals surface area contributed by atoms with Gasteiger partial charge >= 0.3 is 5.97 Å². The normalized spacial score (nSPS) is 13.7. The van der Waals surface area contributed by atoms with Crippen LogP contribution in [0, 0.1) is 0 Å². The summed E-state index contributed by atoms with van der Waals surface area (Å²) < 4.78 is 4.61. The van der Waals surface area contributed by atoms with Crippen molar-refractivity contribution >= 4 is 11.9 Å². The van der Waals surface area contributed by atoms with E-state index in [1.807, 2.05) is 37.3 Å². The summed E-state index contributed by atoms with van der Waals surface area (Å²) in [5.74, 6) is -0.731. The third kappa shape index (κ3) is 2.88. The molecule has 0 spiro atoms. The highest BCUT2D eigenvalue weighted by molar-refractivity contribution is 5.87. The number of methoxy groups -OCH3 is 1. The lowest BCUT2D eigenvalue weighted by molar-refractivity contribution is -0.141. The van der Waals surface area contributed by atoms with E-state index in [1.54, 1.807) is 0 Å². The third-order valence-electron chi connectivity index (χ3n) is 3.39. The molecule has 0 heterocycles. The molecule has 4 heteroatoms. The summed E-state index contributed by atoms with van der Waals surface area (Å²) in [6.45, 7) is 1.90. The fraction of sp³-hybridized carbons (Fsp3) is 0.429. The van der Waals surface area contributed by atoms with Gasteiger partial charge in [0.05, 0.1) is 12.5 Å². The molecule has 0 aliphatic heterocycles. The van der Waals surface area contributed by atoms with Crippen LogP contribution in [0.2, 0.25) is 0 Å². The Morgan fingerprint density at radius 1 is 1.28 bits per heavy atom. The summed E-state index contributed by atoms with van der Waals surface area (Å²) in [6.07, 6.45) is 1.11. The smallest absolute Gasteiger partial charge is 0.305 e. The second-order valence-corrected chi connectivity index (χ2v) is 4.24. The molecule has 18 heavy (non-hydrogen) atoms. The van der Waals surface area contributed by atoms with E-state index >= 15 is 0 Å². The van der Waals surface area contributed by atoms with E-state index in [0.29, 0.717) is 12.8 Å². The zero-order valence-corrected chi connectivity index (χ0v) is 10.8. The number of carbonyl (C=O) groups is 2. The zero-order chi connectivity index (χ0) is 13.6. The van der Waals surface area contributed by atoms with Crippen molar-refractivity contribution in [2.45, 2.75) is 31.6 Å². The van der Waals surface area contributed by atoms with Crippen LogP contribution < -0.4 is 5.73 Å². The molecule has 2 N–H and O–H groups in total. The van der Waals surface area contributed by atoms with Crippen molar-refractivity contribution in [2.24, 2.45) is 5.73 Å². The Labute approximate surface area is 107 Å². The highest BCUT2D eigenvalue weighted by Gasteiger charge is 2.36. The maximum atomic E-state index is 11.8. The number of nitrogens with two attached hydrogens (primary N) is 1. The summed E-state index contributed by atoms with van der Waals surface area (Å²) in [7, 11) is 1.34. The molecule has 0 saturated carbocycles. The Morgan fingerprint density at radius 3 is 2.33 bits per heavy atom. The topological polar surface area (TPSA) is 69.4 Å². The van der Waals surface area contributed by atoms with E-state index in [9.17, 15) is 9.59 Å². The van der Waals surface area contributed by atoms with Gasteiger partial charge in [0.1, 0.15) is 0 Å². The molecule has 1 aromatic rings. The van der Waals surface area contributed by atoms with E-state index in [0.717, 1.165) is 5.56 Å². The fourth-order valence-electron chi connectivity index (χ4n) is 2.14. The maximum absolute atomic E-state index is 11.8. The monoisotopic (exact) mass is 249 g/mol. The molecule has 0 aromatic heterocycles. The van der Waals surface area contributed by atoms with Crippen molar-refractivity contribution in [1.29, 1.82) is 0 Å². The minimum atomic E-state index is -0.796. The predicted molar refractivity (Wildman–Crippen MR) is 68.9 cm³/mol. The summed E-state index contributed by atoms with van der Waals surface area (Å²) >= 11 is 0. The fourth-order valence-corrected chi connectivity index (χ4v) is 2.14. The van der Waals surface area contributed by atoms with Crippen LogP contribution in [-0.4, -0.2) is 19.0 Å². The lowest BCUT2D eigenvalue weighted by atomic mass is 9.74. The van der Waals surface area contributed by atoms with Gasteiger partial charge in [-0.1, -0.05) is 37.3 Å². The molecule has 1 atom stereocenters. The average Bonchev–Trinajstić information content (AvgIpc) is 2.40. The number of amides is 1. The van der Waals surface area contributed by atoms with Gasteiger partial charge in [-0.15, -0.1) is 0 Å². The van der Waals surface area contributed by atoms with Crippen molar-refractivity contribution < 1.29 is 14.3 Å². The second-order valence-electron chi connectivity index (χ2n) is 4.24. The number of benzene rings is 1. The third-order valence-corrected chi connectivity index (χ3v) is 3.39. The first-order valence-electron chi connectivity index (χ1n) is 5.99. The lowest BCUT2D eigenvalue weighted by Gasteiger charge is -2.29. The standard InChI is InChI=1S/C14H19NO3/c1-3-14(13(15)17,10-9-12(16)18-2)11-7-5-4-6-8-11/h4-8H,3,9-10H2,1-2H3,(H2,15,17). The lowest BCUT2D eigenvalue weighted by Crippen LogP contribution is -2.41. The van der Waals surface area contributed by atoms with Crippen LogP contribution in [0.15, 0.2) is 30.3 Å². The number of hydrogen-bond acceptors (Lipinski definition) is 3. The molecule has 98 valence electrons. The van der Waals surface area contributed by atoms with Crippen LogP contribution in [0.3, 0.4) is 0 Å². The summed E-state index contributed by atoms with van der Waals surface area (Å²) in [4.78, 5) is 23.1. The molecule has 0 radical (unpaired) electrons. The van der Waals surface area contributed by atoms with Gasteiger partial charge in [0.25, 0.3) is 0 Å². The molecule has 1 unspecified atom stereocenters. The average molecular weight is 249 g/mol. The van der Waals surface area contributed by atoms with Crippen molar-refractivity contribution in [3.63, 3.8) is 0 Å². The molecule has 1 amide bonds. The second kappa shape index (κ2) is 6.19. The minimum absolute atomic E-state index is 0.183. The van der Waals surface area contributed by atoms with Crippen LogP contribution in [-0.2, 0) is 19.7 Å². The van der Waals surface area contributed by atoms with Crippen LogP contribution in [0.5, 0.6) is 0 Å². The highest BCUT2D eigenvalue weighted by Crippen LogP contribution is 2.32. The number of rotatable bonds is 6. The van der Waals surface area contributed by atoms with Crippen LogP contribution in [0.1, 0.15) is 31.7 Å². The van der Waals surface area contributed by atoms with Gasteiger partial charge in [0, 0.05) is 6.42 Å². The van der Waals surface area contributed by atoms with E-state index in [1.165, 1.54) is 7.11 Å². The minimum Gasteiger partial charge on any atom is -0.469 e. The van der Waals surface area contributed by atoms with Crippen LogP contribution in [0.4, 0.5) is 0 Å². The van der Waals surface area contributed by atoms with Crippen molar-refractivity contribution in [3.8, 4) is 0 Å². The zero-order valence-electron chi connectivity index (χ0n) is 10.8. The van der Waals surface area contributed by atoms with Gasteiger partial charge in [0.2, 0.25) is 5.91 Å². The van der Waals surface area contributed by atoms with Crippen LogP contribution >= 0.6 is 0 Å². The first-order chi connectivity index (χ1) is 8.56. The summed E-state index contributed by atoms with van der Waals surface area (Å²) in [6, 6.07) is 9.34. The number of hydrogen-bond donors (Lipinski definition) is 1. The summed E-state index contributed by atoms with van der Waals surface area (Å²) in [5.41, 5.74) is 5.61. The number of primary amides is 1. The molecule has 4 nitrogen and oxygen atoms in total. The molecule has 0 aliphatic rings. The number of carbonyl (C=O) groups excluding carboxylic acids is 2. The molecule has 0 fully saturated rings. The Morgan fingerprint density at radius 2 is 1.89 bits per heavy atom. The van der Waals surface area contributed by atoms with Gasteiger partial charge in [-0.05, 0) is 18.4 Å². The van der Waals surface area contributed by atoms with E-state index in [4.69, 9.17) is 5.73 Å². The first-order valence-corrected chi connectivity index (χ1v) is 5.99. The molecule has 1 aromatic carbocycles. The molecule has 0 bridgehead atoms. The molecular formula is C14H19NO3. The Kier molecular flexibility index (Phi) is 4.89. The SMILES string of the molecule is CCC(CCC(=O)OC)(C(N)=O)c1ccccc1. The molecular weight excluding hydrogens is 230 g/mol. The van der Waals surface area contributed by atoms with Crippen molar-refractivity contribution in [2.75, 3.05) is 7.11 Å². The highest BCUT2D eigenvalue weighted by atomic mass is 16.5. The van der Waals surface area contributed by atoms with E-state index < -0.39 is 11.3 Å². The number of ether oxygens (including phenoxy) is 1. The largest absolute Gasteiger partial charge is 0.469 e. The van der Waals surface area contributed by atoms with E-state index in [2.05, 4.69) is 4.74 Å². The first kappa shape index (κ1) is 14.2. The molecule has 0 aliphatic carbocycles. The van der Waals surface area contributed by atoms with Gasteiger partial charge in [-0.25, -0.2) is 0 Å². The predicted octanol–water partition coefficient (Wildman–Crippen LogP) is 1.77. The molecule has 0 saturated heterocycles. The van der Waals surface area contributed by atoms with Crippen molar-refractivity contribution in [3.05, 3.63) is 35.9 Å². The number of esters is 1. The Hall–Kier alpha value is -1.84. The van der Waals surface area contributed by atoms with Gasteiger partial charge in [0.15, 0.2) is 0 Å². The molecule has 1 rings (SSSR count). The van der Waals surface area contributed by atoms with E-state index in [-0.39, 0.29) is 12.4 Å². The quantitative estimate of drug-likeness (QED) is 0.781.